The summed E-state index contributed by atoms with van der Waals surface area (Å²) >= 11 is 0. The van der Waals surface area contributed by atoms with Crippen LogP contribution in [0.5, 0.6) is 0 Å². The highest BCUT2D eigenvalue weighted by molar-refractivity contribution is 5.49. The molecule has 0 saturated carbocycles. The van der Waals surface area contributed by atoms with Crippen molar-refractivity contribution in [3.63, 3.8) is 0 Å². The van der Waals surface area contributed by atoms with E-state index in [1.165, 1.54) is 6.07 Å². The van der Waals surface area contributed by atoms with Gasteiger partial charge in [-0.1, -0.05) is 26.0 Å². The van der Waals surface area contributed by atoms with E-state index >= 15 is 0 Å². The molecule has 0 unspecified atom stereocenters. The third kappa shape index (κ3) is 2.15. The van der Waals surface area contributed by atoms with Crippen molar-refractivity contribution in [2.75, 3.05) is 6.54 Å². The lowest BCUT2D eigenvalue weighted by Crippen LogP contribution is -2.29. The van der Waals surface area contributed by atoms with Gasteiger partial charge in [-0.2, -0.15) is 0 Å². The molecule has 0 atom stereocenters. The average Bonchev–Trinajstić information content (AvgIpc) is 2.17. The van der Waals surface area contributed by atoms with Crippen LogP contribution in [0.2, 0.25) is 0 Å². The van der Waals surface area contributed by atoms with Gasteiger partial charge < -0.3 is 5.73 Å². The van der Waals surface area contributed by atoms with Crippen LogP contribution in [0.1, 0.15) is 25.0 Å². The first-order valence-corrected chi connectivity index (χ1v) is 4.84. The Morgan fingerprint density at radius 1 is 1.47 bits per heavy atom. The predicted octanol–water partition coefficient (Wildman–Crippen LogP) is 2.14. The minimum atomic E-state index is -0.367. The third-order valence-electron chi connectivity index (χ3n) is 2.63. The summed E-state index contributed by atoms with van der Waals surface area (Å²) in [5, 5.41) is 10.9. The molecule has 0 fully saturated rings. The van der Waals surface area contributed by atoms with Gasteiger partial charge in [0.1, 0.15) is 0 Å². The summed E-state index contributed by atoms with van der Waals surface area (Å²) < 4.78 is 0. The van der Waals surface area contributed by atoms with Crippen LogP contribution in [-0.2, 0) is 5.41 Å². The van der Waals surface area contributed by atoms with Gasteiger partial charge >= 0.3 is 0 Å². The maximum Gasteiger partial charge on any atom is 0.273 e. The number of hydrogen-bond donors (Lipinski definition) is 1. The van der Waals surface area contributed by atoms with E-state index in [1.54, 1.807) is 6.07 Å². The van der Waals surface area contributed by atoms with Crippen LogP contribution in [-0.4, -0.2) is 11.5 Å². The molecule has 0 saturated heterocycles. The number of nitro groups is 1. The predicted molar refractivity (Wildman–Crippen MR) is 59.9 cm³/mol. The molecule has 0 radical (unpaired) electrons. The smallest absolute Gasteiger partial charge is 0.273 e. The van der Waals surface area contributed by atoms with Gasteiger partial charge in [0.25, 0.3) is 5.69 Å². The molecule has 1 rings (SSSR count). The number of benzene rings is 1. The first-order valence-electron chi connectivity index (χ1n) is 4.84. The third-order valence-corrected chi connectivity index (χ3v) is 2.63. The van der Waals surface area contributed by atoms with Crippen molar-refractivity contribution in [3.8, 4) is 0 Å². The number of hydrogen-bond acceptors (Lipinski definition) is 3. The summed E-state index contributed by atoms with van der Waals surface area (Å²) in [5.74, 6) is 0. The lowest BCUT2D eigenvalue weighted by molar-refractivity contribution is -0.386. The fourth-order valence-electron chi connectivity index (χ4n) is 1.79. The molecular formula is C11H16N2O2. The van der Waals surface area contributed by atoms with Gasteiger partial charge in [0, 0.05) is 23.6 Å². The molecular weight excluding hydrogens is 192 g/mol. The zero-order valence-electron chi connectivity index (χ0n) is 9.28. The van der Waals surface area contributed by atoms with Gasteiger partial charge in [-0.15, -0.1) is 0 Å². The highest BCUT2D eigenvalue weighted by Gasteiger charge is 2.29. The lowest BCUT2D eigenvalue weighted by atomic mass is 9.81. The Morgan fingerprint density at radius 3 is 2.53 bits per heavy atom. The number of aryl methyl sites for hydroxylation is 1. The van der Waals surface area contributed by atoms with Crippen molar-refractivity contribution in [3.05, 3.63) is 39.4 Å². The molecule has 0 amide bonds. The molecule has 0 aliphatic carbocycles. The summed E-state index contributed by atoms with van der Waals surface area (Å²) in [6.07, 6.45) is 0. The molecule has 82 valence electrons. The first-order chi connectivity index (χ1) is 6.90. The van der Waals surface area contributed by atoms with Crippen LogP contribution in [0.15, 0.2) is 18.2 Å². The minimum absolute atomic E-state index is 0.158. The highest BCUT2D eigenvalue weighted by Crippen LogP contribution is 2.33. The van der Waals surface area contributed by atoms with E-state index < -0.39 is 0 Å². The summed E-state index contributed by atoms with van der Waals surface area (Å²) in [7, 11) is 0. The highest BCUT2D eigenvalue weighted by atomic mass is 16.6. The van der Waals surface area contributed by atoms with Crippen molar-refractivity contribution >= 4 is 5.69 Å². The van der Waals surface area contributed by atoms with Gasteiger partial charge in [-0.3, -0.25) is 10.1 Å². The second kappa shape index (κ2) is 3.98. The number of nitro benzene ring substituents is 1. The van der Waals surface area contributed by atoms with Gasteiger partial charge in [0.2, 0.25) is 0 Å². The first kappa shape index (κ1) is 11.7. The lowest BCUT2D eigenvalue weighted by Gasteiger charge is -2.24. The molecule has 1 aromatic carbocycles. The van der Waals surface area contributed by atoms with Crippen molar-refractivity contribution in [1.82, 2.24) is 0 Å². The van der Waals surface area contributed by atoms with Crippen LogP contribution in [0.25, 0.3) is 0 Å². The molecule has 0 aliphatic rings. The molecule has 0 aromatic heterocycles. The fourth-order valence-corrected chi connectivity index (χ4v) is 1.79. The Balaban J connectivity index is 3.44. The van der Waals surface area contributed by atoms with Crippen LogP contribution in [0, 0.1) is 17.0 Å². The Hall–Kier alpha value is -1.42. The maximum atomic E-state index is 10.9. The van der Waals surface area contributed by atoms with E-state index in [9.17, 15) is 10.1 Å². The number of rotatable bonds is 3. The zero-order chi connectivity index (χ0) is 11.6. The van der Waals surface area contributed by atoms with E-state index in [4.69, 9.17) is 5.73 Å². The van der Waals surface area contributed by atoms with Gasteiger partial charge in [-0.25, -0.2) is 0 Å². The standard InChI is InChI=1S/C11H16N2O2/c1-8-5-4-6-9(13(14)15)10(8)11(2,3)7-12/h4-6H,7,12H2,1-3H3. The Bertz CT molecular complexity index is 386. The minimum Gasteiger partial charge on any atom is -0.330 e. The molecule has 1 aromatic rings. The SMILES string of the molecule is Cc1cccc([N+](=O)[O-])c1C(C)(C)CN. The Kier molecular flexibility index (Phi) is 3.09. The Labute approximate surface area is 89.2 Å². The second-order valence-corrected chi connectivity index (χ2v) is 4.31. The normalized spacial score (nSPS) is 11.5. The monoisotopic (exact) mass is 208 g/mol. The van der Waals surface area contributed by atoms with Gasteiger partial charge in [0.05, 0.1) is 4.92 Å². The van der Waals surface area contributed by atoms with E-state index in [0.717, 1.165) is 11.1 Å². The fraction of sp³-hybridized carbons (Fsp3) is 0.455. The van der Waals surface area contributed by atoms with Crippen LogP contribution in [0.4, 0.5) is 5.69 Å². The van der Waals surface area contributed by atoms with Crippen molar-refractivity contribution < 1.29 is 4.92 Å². The van der Waals surface area contributed by atoms with Gasteiger partial charge in [-0.05, 0) is 12.5 Å². The molecule has 0 bridgehead atoms. The largest absolute Gasteiger partial charge is 0.330 e. The van der Waals surface area contributed by atoms with Gasteiger partial charge in [0.15, 0.2) is 0 Å². The second-order valence-electron chi connectivity index (χ2n) is 4.31. The van der Waals surface area contributed by atoms with Crippen LogP contribution in [0.3, 0.4) is 0 Å². The quantitative estimate of drug-likeness (QED) is 0.611. The molecule has 0 spiro atoms. The van der Waals surface area contributed by atoms with Crippen molar-refractivity contribution in [2.45, 2.75) is 26.2 Å². The number of nitrogens with zero attached hydrogens (tertiary/aromatic N) is 1. The van der Waals surface area contributed by atoms with E-state index in [2.05, 4.69) is 0 Å². The van der Waals surface area contributed by atoms with E-state index in [1.807, 2.05) is 26.8 Å². The topological polar surface area (TPSA) is 69.2 Å². The van der Waals surface area contributed by atoms with Crippen molar-refractivity contribution in [1.29, 1.82) is 0 Å². The van der Waals surface area contributed by atoms with Crippen LogP contribution >= 0.6 is 0 Å². The number of nitrogens with two attached hydrogens (primary N) is 1. The van der Waals surface area contributed by atoms with Crippen LogP contribution < -0.4 is 5.73 Å². The molecule has 4 nitrogen and oxygen atoms in total. The summed E-state index contributed by atoms with van der Waals surface area (Å²) in [6.45, 7) is 6.10. The average molecular weight is 208 g/mol. The molecule has 0 aliphatic heterocycles. The molecule has 2 N–H and O–H groups in total. The zero-order valence-corrected chi connectivity index (χ0v) is 9.28. The van der Waals surface area contributed by atoms with E-state index in [-0.39, 0.29) is 16.0 Å². The van der Waals surface area contributed by atoms with Crippen molar-refractivity contribution in [2.24, 2.45) is 5.73 Å². The molecule has 0 heterocycles. The summed E-state index contributed by atoms with van der Waals surface area (Å²) in [4.78, 5) is 10.6. The Morgan fingerprint density at radius 2 is 2.07 bits per heavy atom. The maximum absolute atomic E-state index is 10.9. The molecule has 4 heteroatoms. The molecule has 15 heavy (non-hydrogen) atoms. The van der Waals surface area contributed by atoms with E-state index in [0.29, 0.717) is 6.54 Å². The summed E-state index contributed by atoms with van der Waals surface area (Å²) in [6, 6.07) is 5.10. The summed E-state index contributed by atoms with van der Waals surface area (Å²) in [5.41, 5.74) is 7.09.